The fourth-order valence-corrected chi connectivity index (χ4v) is 1.70. The van der Waals surface area contributed by atoms with Crippen molar-refractivity contribution in [2.45, 2.75) is 45.8 Å². The summed E-state index contributed by atoms with van der Waals surface area (Å²) in [5.74, 6) is 0.491. The van der Waals surface area contributed by atoms with Crippen molar-refractivity contribution in [3.05, 3.63) is 11.9 Å². The van der Waals surface area contributed by atoms with E-state index in [0.29, 0.717) is 11.4 Å². The van der Waals surface area contributed by atoms with Crippen LogP contribution in [0.3, 0.4) is 0 Å². The van der Waals surface area contributed by atoms with Crippen molar-refractivity contribution < 1.29 is 14.3 Å². The molecular formula is C13H22N2O3. The standard InChI is InChI=1S/C13H22N2O3/c1-9(2)15-12(11(17-5)8-14-15)10(16)7-13(3,4)18-6/h8-9H,7H2,1-6H3. The number of methoxy groups -OCH3 is 2. The van der Waals surface area contributed by atoms with Gasteiger partial charge < -0.3 is 9.47 Å². The molecule has 0 spiro atoms. The third-order valence-corrected chi connectivity index (χ3v) is 2.87. The molecule has 0 aliphatic rings. The number of nitrogens with zero attached hydrogens (tertiary/aromatic N) is 2. The largest absolute Gasteiger partial charge is 0.493 e. The summed E-state index contributed by atoms with van der Waals surface area (Å²) in [6.07, 6.45) is 1.87. The van der Waals surface area contributed by atoms with Gasteiger partial charge in [-0.1, -0.05) is 0 Å². The Morgan fingerprint density at radius 3 is 2.50 bits per heavy atom. The molecule has 18 heavy (non-hydrogen) atoms. The van der Waals surface area contributed by atoms with E-state index < -0.39 is 5.60 Å². The first-order valence-corrected chi connectivity index (χ1v) is 6.02. The van der Waals surface area contributed by atoms with Gasteiger partial charge in [0.05, 0.1) is 18.9 Å². The summed E-state index contributed by atoms with van der Waals surface area (Å²) >= 11 is 0. The van der Waals surface area contributed by atoms with Gasteiger partial charge in [0.1, 0.15) is 5.69 Å². The van der Waals surface area contributed by atoms with Crippen LogP contribution in [-0.4, -0.2) is 35.4 Å². The lowest BCUT2D eigenvalue weighted by Crippen LogP contribution is -2.28. The zero-order valence-electron chi connectivity index (χ0n) is 12.0. The van der Waals surface area contributed by atoms with Crippen molar-refractivity contribution in [2.24, 2.45) is 0 Å². The number of aromatic nitrogens is 2. The summed E-state index contributed by atoms with van der Waals surface area (Å²) < 4.78 is 12.2. The molecule has 1 aromatic rings. The number of carbonyl (C=O) groups excluding carboxylic acids is 1. The normalized spacial score (nSPS) is 11.9. The minimum atomic E-state index is -0.492. The van der Waals surface area contributed by atoms with Crippen LogP contribution in [0.4, 0.5) is 0 Å². The first-order chi connectivity index (χ1) is 8.32. The van der Waals surface area contributed by atoms with Gasteiger partial charge in [0, 0.05) is 19.6 Å². The molecule has 1 rings (SSSR count). The van der Waals surface area contributed by atoms with E-state index in [1.165, 1.54) is 0 Å². The maximum absolute atomic E-state index is 12.4. The lowest BCUT2D eigenvalue weighted by atomic mass is 9.99. The van der Waals surface area contributed by atoms with E-state index in [9.17, 15) is 4.79 Å². The van der Waals surface area contributed by atoms with Crippen molar-refractivity contribution in [1.82, 2.24) is 9.78 Å². The van der Waals surface area contributed by atoms with Crippen LogP contribution in [0.5, 0.6) is 5.75 Å². The first kappa shape index (κ1) is 14.7. The van der Waals surface area contributed by atoms with Crippen LogP contribution in [0.25, 0.3) is 0 Å². The van der Waals surface area contributed by atoms with Gasteiger partial charge in [0.2, 0.25) is 0 Å². The molecule has 0 aromatic carbocycles. The highest BCUT2D eigenvalue weighted by molar-refractivity contribution is 5.97. The van der Waals surface area contributed by atoms with Crippen LogP contribution in [0.1, 0.15) is 50.6 Å². The zero-order valence-corrected chi connectivity index (χ0v) is 12.0. The van der Waals surface area contributed by atoms with E-state index >= 15 is 0 Å². The minimum absolute atomic E-state index is 0.0232. The number of ketones is 1. The second-order valence-corrected chi connectivity index (χ2v) is 5.16. The summed E-state index contributed by atoms with van der Waals surface area (Å²) in [5.41, 5.74) is 0.0198. The molecule has 0 atom stereocenters. The number of Topliss-reactive ketones (excluding diaryl/α,β-unsaturated/α-hetero) is 1. The Morgan fingerprint density at radius 2 is 2.06 bits per heavy atom. The highest BCUT2D eigenvalue weighted by Gasteiger charge is 2.27. The number of rotatable bonds is 6. The lowest BCUT2D eigenvalue weighted by Gasteiger charge is -2.22. The van der Waals surface area contributed by atoms with Crippen molar-refractivity contribution in [3.63, 3.8) is 0 Å². The monoisotopic (exact) mass is 254 g/mol. The van der Waals surface area contributed by atoms with Crippen molar-refractivity contribution in [1.29, 1.82) is 0 Å². The Kier molecular flexibility index (Phi) is 4.51. The second-order valence-electron chi connectivity index (χ2n) is 5.16. The molecule has 0 radical (unpaired) electrons. The lowest BCUT2D eigenvalue weighted by molar-refractivity contribution is 0.0168. The maximum atomic E-state index is 12.4. The van der Waals surface area contributed by atoms with Crippen molar-refractivity contribution in [2.75, 3.05) is 14.2 Å². The molecule has 5 heteroatoms. The predicted molar refractivity (Wildman–Crippen MR) is 69.2 cm³/mol. The van der Waals surface area contributed by atoms with Gasteiger partial charge in [-0.15, -0.1) is 0 Å². The Balaban J connectivity index is 3.07. The number of carbonyl (C=O) groups is 1. The molecule has 5 nitrogen and oxygen atoms in total. The van der Waals surface area contributed by atoms with Crippen LogP contribution < -0.4 is 4.74 Å². The van der Waals surface area contributed by atoms with Crippen molar-refractivity contribution >= 4 is 5.78 Å². The van der Waals surface area contributed by atoms with Crippen LogP contribution in [-0.2, 0) is 4.74 Å². The van der Waals surface area contributed by atoms with Crippen LogP contribution in [0.2, 0.25) is 0 Å². The molecule has 0 bridgehead atoms. The Bertz CT molecular complexity index is 422. The number of hydrogen-bond donors (Lipinski definition) is 0. The van der Waals surface area contributed by atoms with E-state index in [-0.39, 0.29) is 18.2 Å². The number of hydrogen-bond acceptors (Lipinski definition) is 4. The number of ether oxygens (including phenoxy) is 2. The van der Waals surface area contributed by atoms with Gasteiger partial charge in [-0.25, -0.2) is 0 Å². The average Bonchev–Trinajstić information content (AvgIpc) is 2.72. The molecular weight excluding hydrogens is 232 g/mol. The van der Waals surface area contributed by atoms with Crippen LogP contribution in [0, 0.1) is 0 Å². The summed E-state index contributed by atoms with van der Waals surface area (Å²) in [4.78, 5) is 12.4. The predicted octanol–water partition coefficient (Wildman–Crippen LogP) is 2.47. The summed E-state index contributed by atoms with van der Waals surface area (Å²) in [5, 5.41) is 4.19. The molecule has 0 fully saturated rings. The summed E-state index contributed by atoms with van der Waals surface area (Å²) in [7, 11) is 3.14. The Labute approximate surface area is 108 Å². The van der Waals surface area contributed by atoms with Gasteiger partial charge in [0.25, 0.3) is 0 Å². The van der Waals surface area contributed by atoms with Gasteiger partial charge in [-0.2, -0.15) is 5.10 Å². The molecule has 0 N–H and O–H groups in total. The molecule has 0 unspecified atom stereocenters. The first-order valence-electron chi connectivity index (χ1n) is 6.02. The topological polar surface area (TPSA) is 53.4 Å². The minimum Gasteiger partial charge on any atom is -0.493 e. The van der Waals surface area contributed by atoms with E-state index in [2.05, 4.69) is 5.10 Å². The van der Waals surface area contributed by atoms with E-state index in [1.807, 2.05) is 27.7 Å². The summed E-state index contributed by atoms with van der Waals surface area (Å²) in [6.45, 7) is 7.72. The molecule has 0 saturated carbocycles. The second kappa shape index (κ2) is 5.52. The third kappa shape index (κ3) is 3.10. The smallest absolute Gasteiger partial charge is 0.187 e. The van der Waals surface area contributed by atoms with Gasteiger partial charge in [0.15, 0.2) is 11.5 Å². The molecule has 0 aliphatic heterocycles. The molecule has 0 saturated heterocycles. The fourth-order valence-electron chi connectivity index (χ4n) is 1.70. The van der Waals surface area contributed by atoms with E-state index in [4.69, 9.17) is 9.47 Å². The molecule has 1 heterocycles. The van der Waals surface area contributed by atoms with Crippen LogP contribution in [0.15, 0.2) is 6.20 Å². The van der Waals surface area contributed by atoms with Crippen molar-refractivity contribution in [3.8, 4) is 5.75 Å². The van der Waals surface area contributed by atoms with Gasteiger partial charge in [-0.3, -0.25) is 9.48 Å². The Morgan fingerprint density at radius 1 is 1.44 bits per heavy atom. The summed E-state index contributed by atoms with van der Waals surface area (Å²) in [6, 6.07) is 0.110. The highest BCUT2D eigenvalue weighted by Crippen LogP contribution is 2.25. The zero-order chi connectivity index (χ0) is 13.9. The molecule has 1 aromatic heterocycles. The van der Waals surface area contributed by atoms with Gasteiger partial charge in [-0.05, 0) is 27.7 Å². The van der Waals surface area contributed by atoms with Gasteiger partial charge >= 0.3 is 0 Å². The van der Waals surface area contributed by atoms with E-state index in [0.717, 1.165) is 0 Å². The molecule has 0 amide bonds. The highest BCUT2D eigenvalue weighted by atomic mass is 16.5. The Hall–Kier alpha value is -1.36. The van der Waals surface area contributed by atoms with E-state index in [1.54, 1.807) is 25.1 Å². The third-order valence-electron chi connectivity index (χ3n) is 2.87. The fraction of sp³-hybridized carbons (Fsp3) is 0.692. The molecule has 102 valence electrons. The SMILES string of the molecule is COc1cnn(C(C)C)c1C(=O)CC(C)(C)OC. The van der Waals surface area contributed by atoms with Crippen LogP contribution >= 0.6 is 0 Å². The quantitative estimate of drug-likeness (QED) is 0.732. The average molecular weight is 254 g/mol. The molecule has 0 aliphatic carbocycles. The maximum Gasteiger partial charge on any atom is 0.187 e.